The fourth-order valence-corrected chi connectivity index (χ4v) is 3.01. The van der Waals surface area contributed by atoms with Gasteiger partial charge in [0.25, 0.3) is 11.8 Å². The van der Waals surface area contributed by atoms with E-state index in [0.29, 0.717) is 11.1 Å². The molecule has 6 heteroatoms. The lowest BCUT2D eigenvalue weighted by atomic mass is 9.90. The summed E-state index contributed by atoms with van der Waals surface area (Å²) in [6.07, 6.45) is 5.59. The second-order valence-electron chi connectivity index (χ2n) is 5.55. The van der Waals surface area contributed by atoms with Crippen LogP contribution in [0.15, 0.2) is 23.3 Å². The number of carbonyl (C=O) groups is 4. The van der Waals surface area contributed by atoms with Crippen molar-refractivity contribution in [3.63, 3.8) is 0 Å². The number of fused-ring (bicyclic) bond motifs is 1. The Morgan fingerprint density at radius 1 is 1.19 bits per heavy atom. The Morgan fingerprint density at radius 3 is 2.57 bits per heavy atom. The van der Waals surface area contributed by atoms with Crippen LogP contribution < -0.4 is 5.32 Å². The van der Waals surface area contributed by atoms with Crippen molar-refractivity contribution in [2.45, 2.75) is 38.6 Å². The number of allylic oxidation sites excluding steroid dienone is 2. The molecule has 2 atom stereocenters. The maximum Gasteiger partial charge on any atom is 0.261 e. The molecule has 0 aromatic carbocycles. The first kappa shape index (κ1) is 13.7. The lowest BCUT2D eigenvalue weighted by molar-refractivity contribution is -0.149. The number of hydrogen-bond donors (Lipinski definition) is 1. The molecule has 0 aromatic heterocycles. The van der Waals surface area contributed by atoms with Crippen molar-refractivity contribution in [1.82, 2.24) is 10.2 Å². The number of nitrogens with one attached hydrogen (secondary N) is 1. The molecule has 0 bridgehead atoms. The Kier molecular flexibility index (Phi) is 3.23. The van der Waals surface area contributed by atoms with E-state index in [1.54, 1.807) is 6.08 Å². The quantitative estimate of drug-likeness (QED) is 0.747. The molecule has 2 fully saturated rings. The Hall–Kier alpha value is -2.24. The van der Waals surface area contributed by atoms with E-state index in [-0.39, 0.29) is 24.7 Å². The van der Waals surface area contributed by atoms with Gasteiger partial charge in [0.2, 0.25) is 11.8 Å². The molecule has 1 N–H and O–H groups in total. The molecule has 2 saturated heterocycles. The molecule has 4 amide bonds. The summed E-state index contributed by atoms with van der Waals surface area (Å²) in [5, 5.41) is 2.19. The highest BCUT2D eigenvalue weighted by molar-refractivity contribution is 6.26. The van der Waals surface area contributed by atoms with Crippen LogP contribution in [0.4, 0.5) is 0 Å². The van der Waals surface area contributed by atoms with Crippen LogP contribution in [-0.4, -0.2) is 34.6 Å². The van der Waals surface area contributed by atoms with Crippen LogP contribution in [0, 0.1) is 5.92 Å². The summed E-state index contributed by atoms with van der Waals surface area (Å²) in [6.45, 7) is 2.03. The molecule has 2 aliphatic heterocycles. The van der Waals surface area contributed by atoms with Gasteiger partial charge in [0, 0.05) is 17.6 Å². The van der Waals surface area contributed by atoms with E-state index < -0.39 is 23.8 Å². The van der Waals surface area contributed by atoms with Gasteiger partial charge in [-0.1, -0.05) is 19.1 Å². The summed E-state index contributed by atoms with van der Waals surface area (Å²) in [7, 11) is 0. The molecular formula is C15H16N2O4. The summed E-state index contributed by atoms with van der Waals surface area (Å²) >= 11 is 0. The minimum atomic E-state index is -0.879. The molecule has 0 spiro atoms. The molecule has 1 aliphatic carbocycles. The summed E-state index contributed by atoms with van der Waals surface area (Å²) in [5.74, 6) is -1.52. The first-order valence-corrected chi connectivity index (χ1v) is 7.16. The third kappa shape index (κ3) is 2.11. The van der Waals surface area contributed by atoms with E-state index in [9.17, 15) is 19.2 Å². The van der Waals surface area contributed by atoms with Gasteiger partial charge in [-0.15, -0.1) is 0 Å². The highest BCUT2D eigenvalue weighted by Gasteiger charge is 2.47. The fraction of sp³-hybridized carbons (Fsp3) is 0.467. The molecule has 2 heterocycles. The van der Waals surface area contributed by atoms with Crippen LogP contribution in [0.25, 0.3) is 0 Å². The fourth-order valence-electron chi connectivity index (χ4n) is 3.01. The molecule has 3 rings (SSSR count). The lowest BCUT2D eigenvalue weighted by Crippen LogP contribution is -2.54. The number of rotatable bonds is 2. The van der Waals surface area contributed by atoms with Gasteiger partial charge < -0.3 is 0 Å². The molecule has 110 valence electrons. The van der Waals surface area contributed by atoms with Crippen LogP contribution in [0.3, 0.4) is 0 Å². The van der Waals surface area contributed by atoms with Gasteiger partial charge >= 0.3 is 0 Å². The molecule has 21 heavy (non-hydrogen) atoms. The molecular weight excluding hydrogens is 272 g/mol. The number of hydrogen-bond acceptors (Lipinski definition) is 4. The maximum absolute atomic E-state index is 12.5. The molecule has 0 aromatic rings. The minimum absolute atomic E-state index is 0.142. The average molecular weight is 288 g/mol. The Bertz CT molecular complexity index is 617. The topological polar surface area (TPSA) is 83.6 Å². The normalized spacial score (nSPS) is 29.1. The van der Waals surface area contributed by atoms with E-state index in [1.165, 1.54) is 0 Å². The zero-order valence-electron chi connectivity index (χ0n) is 11.7. The molecule has 0 radical (unpaired) electrons. The van der Waals surface area contributed by atoms with Crippen LogP contribution in [0.2, 0.25) is 0 Å². The van der Waals surface area contributed by atoms with Crippen LogP contribution in [0.5, 0.6) is 0 Å². The van der Waals surface area contributed by atoms with Crippen molar-refractivity contribution in [3.8, 4) is 0 Å². The van der Waals surface area contributed by atoms with Gasteiger partial charge in [0.15, 0.2) is 0 Å². The standard InChI is InChI=1S/C15H16N2O4/c1-2-8-3-4-9-10(7-8)15(21)17(14(9)20)11-5-6-12(18)16-13(11)19/h4,7-8,11H,2-3,5-6H2,1H3,(H,16,18,19). The SMILES string of the molecule is CCC1C=C2C(=O)N(C3CCC(=O)NC3=O)C(=O)C2=CC1. The highest BCUT2D eigenvalue weighted by Crippen LogP contribution is 2.34. The molecule has 2 unspecified atom stereocenters. The van der Waals surface area contributed by atoms with Gasteiger partial charge in [-0.05, 0) is 25.2 Å². The van der Waals surface area contributed by atoms with Gasteiger partial charge in [-0.3, -0.25) is 29.4 Å². The largest absolute Gasteiger partial charge is 0.295 e. The molecule has 6 nitrogen and oxygen atoms in total. The van der Waals surface area contributed by atoms with E-state index >= 15 is 0 Å². The molecule has 0 saturated carbocycles. The predicted molar refractivity (Wildman–Crippen MR) is 72.6 cm³/mol. The monoisotopic (exact) mass is 288 g/mol. The Balaban J connectivity index is 1.92. The van der Waals surface area contributed by atoms with E-state index in [4.69, 9.17) is 0 Å². The zero-order valence-corrected chi connectivity index (χ0v) is 11.7. The average Bonchev–Trinajstić information content (AvgIpc) is 2.71. The van der Waals surface area contributed by atoms with Crippen molar-refractivity contribution in [1.29, 1.82) is 0 Å². The van der Waals surface area contributed by atoms with E-state index in [2.05, 4.69) is 5.32 Å². The smallest absolute Gasteiger partial charge is 0.261 e. The van der Waals surface area contributed by atoms with Gasteiger partial charge in [0.05, 0.1) is 0 Å². The third-order valence-corrected chi connectivity index (χ3v) is 4.26. The minimum Gasteiger partial charge on any atom is -0.295 e. The summed E-state index contributed by atoms with van der Waals surface area (Å²) in [5.41, 5.74) is 0.803. The number of nitrogens with zero attached hydrogens (tertiary/aromatic N) is 1. The third-order valence-electron chi connectivity index (χ3n) is 4.26. The van der Waals surface area contributed by atoms with Crippen molar-refractivity contribution >= 4 is 23.6 Å². The summed E-state index contributed by atoms with van der Waals surface area (Å²) in [6, 6.07) is -0.879. The van der Waals surface area contributed by atoms with Crippen molar-refractivity contribution in [2.24, 2.45) is 5.92 Å². The highest BCUT2D eigenvalue weighted by atomic mass is 16.2. The molecule has 3 aliphatic rings. The van der Waals surface area contributed by atoms with Gasteiger partial charge in [0.1, 0.15) is 6.04 Å². The second kappa shape index (κ2) is 4.95. The first-order chi connectivity index (χ1) is 10.0. The van der Waals surface area contributed by atoms with Gasteiger partial charge in [-0.25, -0.2) is 0 Å². The first-order valence-electron chi connectivity index (χ1n) is 7.16. The predicted octanol–water partition coefficient (Wildman–Crippen LogP) is 0.443. The number of carbonyl (C=O) groups excluding carboxylic acids is 4. The number of amides is 4. The van der Waals surface area contributed by atoms with Gasteiger partial charge in [-0.2, -0.15) is 0 Å². The number of likely N-dealkylation sites (tertiary alicyclic amines) is 1. The van der Waals surface area contributed by atoms with Crippen molar-refractivity contribution in [3.05, 3.63) is 23.3 Å². The number of imide groups is 2. The van der Waals surface area contributed by atoms with Crippen LogP contribution in [-0.2, 0) is 19.2 Å². The van der Waals surface area contributed by atoms with E-state index in [1.807, 2.05) is 13.0 Å². The van der Waals surface area contributed by atoms with Crippen molar-refractivity contribution < 1.29 is 19.2 Å². The lowest BCUT2D eigenvalue weighted by Gasteiger charge is -2.27. The summed E-state index contributed by atoms with van der Waals surface area (Å²) < 4.78 is 0. The van der Waals surface area contributed by atoms with Crippen LogP contribution >= 0.6 is 0 Å². The van der Waals surface area contributed by atoms with Crippen LogP contribution in [0.1, 0.15) is 32.6 Å². The van der Waals surface area contributed by atoms with E-state index in [0.717, 1.165) is 17.7 Å². The number of piperidine rings is 1. The maximum atomic E-state index is 12.5. The second-order valence-corrected chi connectivity index (χ2v) is 5.55. The summed E-state index contributed by atoms with van der Waals surface area (Å²) in [4.78, 5) is 49.0. The zero-order chi connectivity index (χ0) is 15.1. The Morgan fingerprint density at radius 2 is 1.90 bits per heavy atom. The Labute approximate surface area is 121 Å². The van der Waals surface area contributed by atoms with Crippen molar-refractivity contribution in [2.75, 3.05) is 0 Å².